The molecule has 1 aliphatic carbocycles. The molecular formula is C24H28N3NaO6S. The first-order chi connectivity index (χ1) is 16.1. The van der Waals surface area contributed by atoms with Gasteiger partial charge < -0.3 is 20.9 Å². The number of amides is 1. The molecule has 1 atom stereocenters. The molecule has 1 amide bonds. The van der Waals surface area contributed by atoms with Gasteiger partial charge in [0.15, 0.2) is 18.2 Å². The number of carbonyl (C=O) groups excluding carboxylic acids is 2. The van der Waals surface area contributed by atoms with Gasteiger partial charge in [-0.25, -0.2) is 0 Å². The molecule has 0 saturated carbocycles. The van der Waals surface area contributed by atoms with Crippen molar-refractivity contribution in [3.8, 4) is 5.75 Å². The number of ketones is 1. The summed E-state index contributed by atoms with van der Waals surface area (Å²) in [5.74, 6) is -1.19. The number of carbonyl (C=O) groups is 2. The number of hydrogen-bond donors (Lipinski definition) is 5. The van der Waals surface area contributed by atoms with Crippen molar-refractivity contribution in [3.63, 3.8) is 0 Å². The van der Waals surface area contributed by atoms with Crippen LogP contribution in [0, 0.1) is 0 Å². The van der Waals surface area contributed by atoms with Gasteiger partial charge in [0, 0.05) is 11.6 Å². The Bertz CT molecular complexity index is 1250. The zero-order valence-corrected chi connectivity index (χ0v) is 19.7. The summed E-state index contributed by atoms with van der Waals surface area (Å²) in [6, 6.07) is 11.6. The van der Waals surface area contributed by atoms with Gasteiger partial charge in [-0.15, -0.1) is 4.40 Å². The van der Waals surface area contributed by atoms with Crippen LogP contribution < -0.4 is 15.8 Å². The summed E-state index contributed by atoms with van der Waals surface area (Å²) in [7, 11) is -3.75. The first-order valence-electron chi connectivity index (χ1n) is 10.9. The molecule has 1 heterocycles. The molecule has 0 saturated heterocycles. The SMILES string of the molecule is CCCCC1(C)C(=O)C(C2=NS(O)(O)c3cc(OCC(N)=O)ccc3N2)=C(O)c2ccccc21.[NaH]. The minimum atomic E-state index is -3.75. The number of unbranched alkanes of at least 4 members (excludes halogenated alkanes) is 1. The average molecular weight is 510 g/mol. The molecule has 0 fully saturated rings. The quantitative estimate of drug-likeness (QED) is 0.356. The summed E-state index contributed by atoms with van der Waals surface area (Å²) in [4.78, 5) is 24.8. The molecule has 0 aromatic heterocycles. The summed E-state index contributed by atoms with van der Waals surface area (Å²) < 4.78 is 30.9. The Labute approximate surface area is 227 Å². The molecule has 35 heavy (non-hydrogen) atoms. The van der Waals surface area contributed by atoms with E-state index in [1.165, 1.54) is 18.2 Å². The van der Waals surface area contributed by atoms with Crippen LogP contribution in [0.25, 0.3) is 5.76 Å². The molecule has 2 aromatic carbocycles. The molecule has 0 radical (unpaired) electrons. The molecule has 2 aromatic rings. The predicted octanol–water partition coefficient (Wildman–Crippen LogP) is 3.75. The number of anilines is 1. The molecule has 2 aliphatic rings. The van der Waals surface area contributed by atoms with Crippen LogP contribution in [0.5, 0.6) is 5.75 Å². The van der Waals surface area contributed by atoms with Gasteiger partial charge in [0.1, 0.15) is 22.0 Å². The van der Waals surface area contributed by atoms with E-state index in [0.29, 0.717) is 17.7 Å². The Kier molecular flexibility index (Phi) is 8.05. The molecule has 1 aliphatic heterocycles. The number of fused-ring (bicyclic) bond motifs is 2. The van der Waals surface area contributed by atoms with E-state index in [4.69, 9.17) is 10.5 Å². The van der Waals surface area contributed by atoms with Crippen molar-refractivity contribution in [3.05, 3.63) is 59.2 Å². The van der Waals surface area contributed by atoms with Crippen molar-refractivity contribution in [1.82, 2.24) is 0 Å². The molecule has 1 unspecified atom stereocenters. The zero-order chi connectivity index (χ0) is 24.7. The summed E-state index contributed by atoms with van der Waals surface area (Å²) in [6.07, 6.45) is 2.26. The number of nitrogens with one attached hydrogen (secondary N) is 1. The summed E-state index contributed by atoms with van der Waals surface area (Å²) >= 11 is 0. The molecule has 6 N–H and O–H groups in total. The van der Waals surface area contributed by atoms with Crippen LogP contribution >= 0.6 is 10.8 Å². The number of hydrogen-bond acceptors (Lipinski definition) is 8. The van der Waals surface area contributed by atoms with Crippen molar-refractivity contribution in [2.45, 2.75) is 43.4 Å². The molecule has 182 valence electrons. The van der Waals surface area contributed by atoms with E-state index in [1.54, 1.807) is 12.1 Å². The number of rotatable bonds is 7. The third kappa shape index (κ3) is 5.00. The first-order valence-corrected chi connectivity index (χ1v) is 12.4. The van der Waals surface area contributed by atoms with Crippen molar-refractivity contribution in [2.75, 3.05) is 11.9 Å². The van der Waals surface area contributed by atoms with Crippen LogP contribution in [0.4, 0.5) is 5.69 Å². The van der Waals surface area contributed by atoms with E-state index in [0.717, 1.165) is 18.4 Å². The molecular weight excluding hydrogens is 481 g/mol. The normalized spacial score (nSPS) is 21.0. The fourth-order valence-corrected chi connectivity index (χ4v) is 5.50. The Morgan fingerprint density at radius 3 is 2.63 bits per heavy atom. The van der Waals surface area contributed by atoms with Gasteiger partial charge in [-0.2, -0.15) is 0 Å². The predicted molar refractivity (Wildman–Crippen MR) is 138 cm³/mol. The van der Waals surface area contributed by atoms with Crippen molar-refractivity contribution in [1.29, 1.82) is 0 Å². The topological polar surface area (TPSA) is 154 Å². The van der Waals surface area contributed by atoms with Gasteiger partial charge >= 0.3 is 29.6 Å². The number of benzene rings is 2. The van der Waals surface area contributed by atoms with E-state index < -0.39 is 22.1 Å². The number of primary amides is 1. The van der Waals surface area contributed by atoms with Crippen molar-refractivity contribution >= 4 is 69.3 Å². The maximum atomic E-state index is 13.8. The van der Waals surface area contributed by atoms with Crippen LogP contribution in [-0.2, 0) is 15.0 Å². The Hall–Kier alpha value is -2.34. The second-order valence-corrected chi connectivity index (χ2v) is 10.2. The first kappa shape index (κ1) is 27.3. The van der Waals surface area contributed by atoms with Crippen molar-refractivity contribution < 1.29 is 28.5 Å². The molecule has 0 bridgehead atoms. The number of amidine groups is 1. The Morgan fingerprint density at radius 2 is 1.94 bits per heavy atom. The van der Waals surface area contributed by atoms with Crippen LogP contribution in [-0.4, -0.2) is 67.9 Å². The monoisotopic (exact) mass is 509 g/mol. The third-order valence-corrected chi connectivity index (χ3v) is 7.47. The van der Waals surface area contributed by atoms with E-state index in [9.17, 15) is 23.8 Å². The molecule has 11 heteroatoms. The second kappa shape index (κ2) is 10.3. The van der Waals surface area contributed by atoms with Gasteiger partial charge in [-0.1, -0.05) is 54.8 Å². The van der Waals surface area contributed by atoms with Crippen LogP contribution in [0.3, 0.4) is 0 Å². The summed E-state index contributed by atoms with van der Waals surface area (Å²) in [5, 5.41) is 14.1. The third-order valence-electron chi connectivity index (χ3n) is 6.11. The van der Waals surface area contributed by atoms with Gasteiger partial charge in [0.05, 0.1) is 11.1 Å². The fraction of sp³-hybridized carbons (Fsp3) is 0.292. The van der Waals surface area contributed by atoms with Crippen LogP contribution in [0.2, 0.25) is 0 Å². The van der Waals surface area contributed by atoms with Crippen LogP contribution in [0.15, 0.2) is 57.3 Å². The number of nitrogens with two attached hydrogens (primary N) is 1. The number of Topliss-reactive ketones (excluding diaryl/α,β-unsaturated/α-hetero) is 1. The standard InChI is InChI=1S/C24H27N3O6S.Na.H/c1-3-4-11-24(2)16-8-6-5-7-15(16)21(29)20(22(24)30)23-26-17-10-9-14(33-13-19(25)28)12-18(17)34(31,32)27-23;;/h5-10,12,29,31-32H,3-4,11,13H2,1-2H3,(H2,25,28)(H,26,27);;. The van der Waals surface area contributed by atoms with E-state index in [2.05, 4.69) is 9.71 Å². The second-order valence-electron chi connectivity index (χ2n) is 8.53. The van der Waals surface area contributed by atoms with E-state index in [-0.39, 0.29) is 69.8 Å². The molecule has 0 spiro atoms. The summed E-state index contributed by atoms with van der Waals surface area (Å²) in [6.45, 7) is 3.51. The number of ether oxygens (including phenoxy) is 1. The van der Waals surface area contributed by atoms with E-state index in [1.807, 2.05) is 26.0 Å². The van der Waals surface area contributed by atoms with Crippen LogP contribution in [0.1, 0.15) is 44.2 Å². The average Bonchev–Trinajstić information content (AvgIpc) is 2.80. The number of aliphatic hydroxyl groups excluding tert-OH is 1. The summed E-state index contributed by atoms with van der Waals surface area (Å²) in [5.41, 5.74) is 5.63. The molecule has 9 nitrogen and oxygen atoms in total. The Balaban J connectivity index is 0.00000342. The zero-order valence-electron chi connectivity index (χ0n) is 18.9. The molecule has 4 rings (SSSR count). The van der Waals surface area contributed by atoms with Gasteiger partial charge in [-0.3, -0.25) is 18.7 Å². The minimum absolute atomic E-state index is 0. The number of nitrogens with zero attached hydrogens (tertiary/aromatic N) is 1. The van der Waals surface area contributed by atoms with Gasteiger partial charge in [0.2, 0.25) is 0 Å². The maximum absolute atomic E-state index is 13.8. The fourth-order valence-electron chi connectivity index (χ4n) is 4.32. The van der Waals surface area contributed by atoms with Gasteiger partial charge in [0.25, 0.3) is 5.91 Å². The van der Waals surface area contributed by atoms with Crippen molar-refractivity contribution in [2.24, 2.45) is 10.1 Å². The number of aliphatic hydroxyl groups is 1. The van der Waals surface area contributed by atoms with Gasteiger partial charge in [-0.05, 0) is 31.0 Å². The Morgan fingerprint density at radius 1 is 1.23 bits per heavy atom. The van der Waals surface area contributed by atoms with E-state index >= 15 is 0 Å².